The van der Waals surface area contributed by atoms with Crippen LogP contribution in [0.15, 0.2) is 24.3 Å². The van der Waals surface area contributed by atoms with Crippen molar-refractivity contribution in [2.24, 2.45) is 0 Å². The highest BCUT2D eigenvalue weighted by molar-refractivity contribution is 5.79. The third kappa shape index (κ3) is 2.91. The number of ketones is 1. The summed E-state index contributed by atoms with van der Waals surface area (Å²) in [4.78, 5) is 11.4. The summed E-state index contributed by atoms with van der Waals surface area (Å²) >= 11 is 0. The minimum atomic E-state index is 0.0697. The van der Waals surface area contributed by atoms with Crippen molar-refractivity contribution in [3.63, 3.8) is 0 Å². The van der Waals surface area contributed by atoms with Crippen LogP contribution in [-0.4, -0.2) is 25.5 Å². The largest absolute Gasteiger partial charge is 0.497 e. The van der Waals surface area contributed by atoms with Gasteiger partial charge in [0.05, 0.1) is 7.11 Å². The van der Waals surface area contributed by atoms with Crippen molar-refractivity contribution in [2.75, 3.05) is 14.2 Å². The van der Waals surface area contributed by atoms with Crippen LogP contribution in [0.2, 0.25) is 0 Å². The van der Waals surface area contributed by atoms with E-state index in [0.717, 1.165) is 25.0 Å². The van der Waals surface area contributed by atoms with Gasteiger partial charge in [0.1, 0.15) is 11.5 Å². The topological polar surface area (TPSA) is 38.3 Å². The van der Waals surface area contributed by atoms with E-state index < -0.39 is 0 Å². The summed E-state index contributed by atoms with van der Waals surface area (Å²) < 4.78 is 5.25. The molecule has 1 aromatic rings. The van der Waals surface area contributed by atoms with Crippen LogP contribution in [0.5, 0.6) is 5.75 Å². The van der Waals surface area contributed by atoms with Gasteiger partial charge in [-0.3, -0.25) is 4.79 Å². The van der Waals surface area contributed by atoms with E-state index in [4.69, 9.17) is 4.74 Å². The Labute approximate surface area is 109 Å². The van der Waals surface area contributed by atoms with Gasteiger partial charge in [-0.05, 0) is 44.0 Å². The number of hydrogen-bond donors (Lipinski definition) is 1. The molecule has 0 unspecified atom stereocenters. The van der Waals surface area contributed by atoms with Crippen LogP contribution < -0.4 is 10.1 Å². The number of methoxy groups -OCH3 is 1. The molecule has 2 rings (SSSR count). The highest BCUT2D eigenvalue weighted by Crippen LogP contribution is 2.30. The predicted molar refractivity (Wildman–Crippen MR) is 72.0 cm³/mol. The van der Waals surface area contributed by atoms with Gasteiger partial charge in [-0.25, -0.2) is 0 Å². The molecule has 0 atom stereocenters. The maximum absolute atomic E-state index is 11.4. The van der Waals surface area contributed by atoms with Crippen molar-refractivity contribution in [3.8, 4) is 5.75 Å². The Hall–Kier alpha value is -1.35. The quantitative estimate of drug-likeness (QED) is 0.887. The number of nitrogens with one attached hydrogen (secondary N) is 1. The average molecular weight is 247 g/mol. The van der Waals surface area contributed by atoms with Gasteiger partial charge in [-0.1, -0.05) is 12.1 Å². The second-order valence-electron chi connectivity index (χ2n) is 5.10. The monoisotopic (exact) mass is 247 g/mol. The van der Waals surface area contributed by atoms with Crippen molar-refractivity contribution in [2.45, 2.75) is 37.6 Å². The van der Waals surface area contributed by atoms with Gasteiger partial charge in [0.2, 0.25) is 0 Å². The molecule has 98 valence electrons. The van der Waals surface area contributed by atoms with Crippen LogP contribution in [0.3, 0.4) is 0 Å². The van der Waals surface area contributed by atoms with E-state index in [-0.39, 0.29) is 5.54 Å². The summed E-state index contributed by atoms with van der Waals surface area (Å²) in [6, 6.07) is 8.18. The lowest BCUT2D eigenvalue weighted by molar-refractivity contribution is -0.121. The zero-order chi connectivity index (χ0) is 13.0. The van der Waals surface area contributed by atoms with Gasteiger partial charge in [-0.15, -0.1) is 0 Å². The zero-order valence-electron chi connectivity index (χ0n) is 11.2. The smallest absolute Gasteiger partial charge is 0.133 e. The Bertz CT molecular complexity index is 418. The number of likely N-dealkylation sites (N-methyl/N-ethyl adjacent to an activating group) is 1. The fourth-order valence-corrected chi connectivity index (χ4v) is 2.70. The first-order valence-corrected chi connectivity index (χ1v) is 6.51. The Morgan fingerprint density at radius 1 is 1.33 bits per heavy atom. The second kappa shape index (κ2) is 5.53. The molecule has 0 amide bonds. The van der Waals surface area contributed by atoms with Crippen LogP contribution in [0.25, 0.3) is 0 Å². The molecule has 0 radical (unpaired) electrons. The summed E-state index contributed by atoms with van der Waals surface area (Å²) in [5, 5.41) is 3.43. The fraction of sp³-hybridized carbons (Fsp3) is 0.533. The van der Waals surface area contributed by atoms with E-state index in [1.807, 2.05) is 19.2 Å². The molecule has 1 aromatic carbocycles. The number of carbonyl (C=O) groups is 1. The van der Waals surface area contributed by atoms with Crippen molar-refractivity contribution in [1.29, 1.82) is 0 Å². The van der Waals surface area contributed by atoms with Crippen LogP contribution in [0.1, 0.15) is 31.2 Å². The number of ether oxygens (including phenoxy) is 1. The maximum Gasteiger partial charge on any atom is 0.133 e. The van der Waals surface area contributed by atoms with Gasteiger partial charge >= 0.3 is 0 Å². The van der Waals surface area contributed by atoms with Gasteiger partial charge < -0.3 is 10.1 Å². The first kappa shape index (κ1) is 13.1. The summed E-state index contributed by atoms with van der Waals surface area (Å²) in [7, 11) is 3.68. The summed E-state index contributed by atoms with van der Waals surface area (Å²) in [5.74, 6) is 1.29. The maximum atomic E-state index is 11.4. The molecule has 1 N–H and O–H groups in total. The highest BCUT2D eigenvalue weighted by Gasteiger charge is 2.33. The van der Waals surface area contributed by atoms with Gasteiger partial charge in [0.15, 0.2) is 0 Å². The Balaban J connectivity index is 2.12. The summed E-state index contributed by atoms with van der Waals surface area (Å²) in [5.41, 5.74) is 1.33. The lowest BCUT2D eigenvalue weighted by Gasteiger charge is -2.37. The fourth-order valence-electron chi connectivity index (χ4n) is 2.70. The number of hydrogen-bond acceptors (Lipinski definition) is 3. The van der Waals surface area contributed by atoms with Crippen molar-refractivity contribution in [3.05, 3.63) is 29.8 Å². The third-order valence-corrected chi connectivity index (χ3v) is 3.97. The van der Waals surface area contributed by atoms with E-state index in [9.17, 15) is 4.79 Å². The number of rotatable bonds is 4. The lowest BCUT2D eigenvalue weighted by Crippen LogP contribution is -2.47. The molecule has 1 saturated carbocycles. The minimum absolute atomic E-state index is 0.0697. The van der Waals surface area contributed by atoms with E-state index in [2.05, 4.69) is 17.4 Å². The molecule has 1 aliphatic rings. The zero-order valence-corrected chi connectivity index (χ0v) is 11.2. The SMILES string of the molecule is CNC1(Cc2cccc(OC)c2)CCC(=O)CC1. The Morgan fingerprint density at radius 3 is 2.67 bits per heavy atom. The second-order valence-corrected chi connectivity index (χ2v) is 5.10. The predicted octanol–water partition coefficient (Wildman–Crippen LogP) is 2.34. The third-order valence-electron chi connectivity index (χ3n) is 3.97. The summed E-state index contributed by atoms with van der Waals surface area (Å²) in [6.07, 6.45) is 4.21. The molecule has 1 fully saturated rings. The molecule has 0 spiro atoms. The number of Topliss-reactive ketones (excluding diaryl/α,β-unsaturated/α-hetero) is 1. The average Bonchev–Trinajstić information content (AvgIpc) is 2.42. The molecule has 18 heavy (non-hydrogen) atoms. The Kier molecular flexibility index (Phi) is 4.02. The highest BCUT2D eigenvalue weighted by atomic mass is 16.5. The molecular formula is C15H21NO2. The molecule has 0 saturated heterocycles. The van der Waals surface area contributed by atoms with Crippen molar-refractivity contribution in [1.82, 2.24) is 5.32 Å². The molecule has 0 aliphatic heterocycles. The Morgan fingerprint density at radius 2 is 2.06 bits per heavy atom. The van der Waals surface area contributed by atoms with Gasteiger partial charge in [-0.2, -0.15) is 0 Å². The molecular weight excluding hydrogens is 226 g/mol. The van der Waals surface area contributed by atoms with E-state index in [1.165, 1.54) is 5.56 Å². The first-order valence-electron chi connectivity index (χ1n) is 6.51. The first-order chi connectivity index (χ1) is 8.67. The minimum Gasteiger partial charge on any atom is -0.497 e. The van der Waals surface area contributed by atoms with Gasteiger partial charge in [0, 0.05) is 18.4 Å². The van der Waals surface area contributed by atoms with Crippen molar-refractivity contribution < 1.29 is 9.53 Å². The number of carbonyl (C=O) groups excluding carboxylic acids is 1. The molecule has 1 aliphatic carbocycles. The summed E-state index contributed by atoms with van der Waals surface area (Å²) in [6.45, 7) is 0. The molecule has 0 bridgehead atoms. The van der Waals surface area contributed by atoms with Crippen molar-refractivity contribution >= 4 is 5.78 Å². The van der Waals surface area contributed by atoms with E-state index in [1.54, 1.807) is 7.11 Å². The standard InChI is InChI=1S/C15H21NO2/c1-16-15(8-6-13(17)7-9-15)11-12-4-3-5-14(10-12)18-2/h3-5,10,16H,6-9,11H2,1-2H3. The molecule has 0 heterocycles. The molecule has 0 aromatic heterocycles. The number of benzene rings is 1. The van der Waals surface area contributed by atoms with Crippen LogP contribution >= 0.6 is 0 Å². The van der Waals surface area contributed by atoms with Crippen LogP contribution in [-0.2, 0) is 11.2 Å². The molecule has 3 nitrogen and oxygen atoms in total. The van der Waals surface area contributed by atoms with Crippen LogP contribution in [0.4, 0.5) is 0 Å². The van der Waals surface area contributed by atoms with E-state index in [0.29, 0.717) is 18.6 Å². The van der Waals surface area contributed by atoms with E-state index >= 15 is 0 Å². The van der Waals surface area contributed by atoms with Gasteiger partial charge in [0.25, 0.3) is 0 Å². The van der Waals surface area contributed by atoms with Crippen LogP contribution in [0, 0.1) is 0 Å². The lowest BCUT2D eigenvalue weighted by atomic mass is 9.77. The normalized spacial score (nSPS) is 18.7. The molecule has 3 heteroatoms.